The van der Waals surface area contributed by atoms with Crippen molar-refractivity contribution in [3.8, 4) is 11.4 Å². The molecule has 0 aliphatic heterocycles. The SMILES string of the molecule is CN(C)c1ccc(-n2cc[n+](-c3ccc([N+](=O)[O-])cc3[N+](=O)[O-])c2)cc1. The van der Waals surface area contributed by atoms with Gasteiger partial charge in [0, 0.05) is 25.8 Å². The Morgan fingerprint density at radius 1 is 1.00 bits per heavy atom. The number of rotatable bonds is 5. The van der Waals surface area contributed by atoms with Gasteiger partial charge in [0.2, 0.25) is 5.69 Å². The van der Waals surface area contributed by atoms with Crippen LogP contribution in [0.15, 0.2) is 61.2 Å². The van der Waals surface area contributed by atoms with Gasteiger partial charge in [-0.3, -0.25) is 20.2 Å². The first-order valence-corrected chi connectivity index (χ1v) is 7.67. The fourth-order valence-corrected chi connectivity index (χ4v) is 2.56. The summed E-state index contributed by atoms with van der Waals surface area (Å²) >= 11 is 0. The van der Waals surface area contributed by atoms with E-state index in [0.717, 1.165) is 17.4 Å². The van der Waals surface area contributed by atoms with Gasteiger partial charge in [-0.15, -0.1) is 0 Å². The molecule has 1 heterocycles. The number of nitrogens with zero attached hydrogens (tertiary/aromatic N) is 5. The Bertz CT molecular complexity index is 979. The molecule has 0 atom stereocenters. The zero-order valence-electron chi connectivity index (χ0n) is 14.1. The van der Waals surface area contributed by atoms with Gasteiger partial charge >= 0.3 is 5.69 Å². The van der Waals surface area contributed by atoms with Gasteiger partial charge in [-0.1, -0.05) is 0 Å². The van der Waals surface area contributed by atoms with Crippen molar-refractivity contribution in [2.45, 2.75) is 0 Å². The number of hydrogen-bond acceptors (Lipinski definition) is 5. The van der Waals surface area contributed by atoms with Crippen LogP contribution in [0.3, 0.4) is 0 Å². The van der Waals surface area contributed by atoms with Gasteiger partial charge in [-0.2, -0.15) is 4.57 Å². The van der Waals surface area contributed by atoms with Gasteiger partial charge in [-0.05, 0) is 30.3 Å². The molecule has 0 spiro atoms. The van der Waals surface area contributed by atoms with E-state index in [1.54, 1.807) is 23.3 Å². The number of nitro groups is 2. The average Bonchev–Trinajstić information content (AvgIpc) is 3.11. The van der Waals surface area contributed by atoms with Crippen LogP contribution < -0.4 is 9.47 Å². The molecule has 0 aliphatic rings. The van der Waals surface area contributed by atoms with Crippen molar-refractivity contribution in [2.75, 3.05) is 19.0 Å². The maximum atomic E-state index is 11.3. The number of aromatic nitrogens is 2. The molecule has 0 amide bonds. The van der Waals surface area contributed by atoms with Gasteiger partial charge in [0.1, 0.15) is 18.1 Å². The topological polar surface area (TPSA) is 98.3 Å². The highest BCUT2D eigenvalue weighted by atomic mass is 16.6. The van der Waals surface area contributed by atoms with Crippen LogP contribution >= 0.6 is 0 Å². The molecule has 0 fully saturated rings. The van der Waals surface area contributed by atoms with E-state index in [1.807, 2.05) is 47.8 Å². The number of imidazole rings is 1. The summed E-state index contributed by atoms with van der Waals surface area (Å²) in [6.07, 6.45) is 5.10. The van der Waals surface area contributed by atoms with Crippen molar-refractivity contribution >= 4 is 17.1 Å². The van der Waals surface area contributed by atoms with Gasteiger partial charge in [0.05, 0.1) is 15.9 Å². The molecule has 26 heavy (non-hydrogen) atoms. The molecule has 3 aromatic rings. The maximum absolute atomic E-state index is 11.3. The monoisotopic (exact) mass is 354 g/mol. The molecule has 9 heteroatoms. The molecule has 0 unspecified atom stereocenters. The van der Waals surface area contributed by atoms with E-state index < -0.39 is 9.85 Å². The fraction of sp³-hybridized carbons (Fsp3) is 0.118. The van der Waals surface area contributed by atoms with E-state index >= 15 is 0 Å². The second-order valence-corrected chi connectivity index (χ2v) is 5.83. The lowest BCUT2D eigenvalue weighted by atomic mass is 10.2. The Morgan fingerprint density at radius 3 is 2.27 bits per heavy atom. The van der Waals surface area contributed by atoms with E-state index in [1.165, 1.54) is 12.1 Å². The standard InChI is InChI=1S/C17H16N5O4/c1-18(2)13-3-5-14(6-4-13)19-9-10-20(12-19)16-8-7-15(21(23)24)11-17(16)22(25)26/h3-12H,1-2H3/q+1. The first kappa shape index (κ1) is 17.1. The Kier molecular flexibility index (Phi) is 4.36. The molecule has 0 bridgehead atoms. The van der Waals surface area contributed by atoms with Gasteiger partial charge < -0.3 is 4.90 Å². The number of anilines is 1. The second kappa shape index (κ2) is 6.63. The lowest BCUT2D eigenvalue weighted by Gasteiger charge is -2.11. The third-order valence-electron chi connectivity index (χ3n) is 3.95. The minimum Gasteiger partial charge on any atom is -0.378 e. The van der Waals surface area contributed by atoms with Crippen LogP contribution in [0, 0.1) is 20.2 Å². The molecule has 0 radical (unpaired) electrons. The van der Waals surface area contributed by atoms with Crippen LogP contribution in [-0.2, 0) is 0 Å². The van der Waals surface area contributed by atoms with Crippen molar-refractivity contribution < 1.29 is 14.4 Å². The zero-order valence-corrected chi connectivity index (χ0v) is 14.1. The van der Waals surface area contributed by atoms with Crippen molar-refractivity contribution in [1.29, 1.82) is 0 Å². The number of nitro benzene ring substituents is 2. The fourth-order valence-electron chi connectivity index (χ4n) is 2.56. The molecular formula is C17H16N5O4+. The highest BCUT2D eigenvalue weighted by Gasteiger charge is 2.24. The Labute approximate surface area is 148 Å². The minimum absolute atomic E-state index is 0.254. The van der Waals surface area contributed by atoms with Crippen LogP contribution in [-0.4, -0.2) is 28.5 Å². The van der Waals surface area contributed by atoms with Crippen molar-refractivity contribution in [2.24, 2.45) is 0 Å². The smallest absolute Gasteiger partial charge is 0.322 e. The molecule has 0 aliphatic carbocycles. The highest BCUT2D eigenvalue weighted by Crippen LogP contribution is 2.25. The predicted octanol–water partition coefficient (Wildman–Crippen LogP) is 2.64. The molecule has 3 rings (SSSR count). The first-order chi connectivity index (χ1) is 12.4. The zero-order chi connectivity index (χ0) is 18.8. The summed E-state index contributed by atoms with van der Waals surface area (Å²) in [5, 5.41) is 22.2. The van der Waals surface area contributed by atoms with Crippen LogP contribution in [0.25, 0.3) is 11.4 Å². The Morgan fingerprint density at radius 2 is 1.69 bits per heavy atom. The second-order valence-electron chi connectivity index (χ2n) is 5.83. The third-order valence-corrected chi connectivity index (χ3v) is 3.95. The van der Waals surface area contributed by atoms with E-state index in [2.05, 4.69) is 0 Å². The molecule has 2 aromatic carbocycles. The summed E-state index contributed by atoms with van der Waals surface area (Å²) in [6.45, 7) is 0. The van der Waals surface area contributed by atoms with E-state index in [4.69, 9.17) is 0 Å². The number of benzene rings is 2. The van der Waals surface area contributed by atoms with Crippen LogP contribution in [0.1, 0.15) is 0 Å². The molecule has 0 saturated carbocycles. The Hall–Kier alpha value is -3.75. The summed E-state index contributed by atoms with van der Waals surface area (Å²) in [5.41, 5.74) is 1.55. The summed E-state index contributed by atoms with van der Waals surface area (Å²) < 4.78 is 3.37. The van der Waals surface area contributed by atoms with Crippen LogP contribution in [0.5, 0.6) is 0 Å². The molecule has 0 N–H and O–H groups in total. The molecule has 1 aromatic heterocycles. The Balaban J connectivity index is 1.99. The molecule has 0 saturated heterocycles. The highest BCUT2D eigenvalue weighted by molar-refractivity contribution is 5.54. The lowest BCUT2D eigenvalue weighted by Crippen LogP contribution is -2.28. The normalized spacial score (nSPS) is 10.5. The van der Waals surface area contributed by atoms with Crippen LogP contribution in [0.4, 0.5) is 17.1 Å². The van der Waals surface area contributed by atoms with Gasteiger partial charge in [0.25, 0.3) is 12.0 Å². The predicted molar refractivity (Wildman–Crippen MR) is 94.9 cm³/mol. The van der Waals surface area contributed by atoms with E-state index in [0.29, 0.717) is 0 Å². The van der Waals surface area contributed by atoms with Crippen molar-refractivity contribution in [3.63, 3.8) is 0 Å². The molecule has 9 nitrogen and oxygen atoms in total. The van der Waals surface area contributed by atoms with Gasteiger partial charge in [-0.25, -0.2) is 4.57 Å². The largest absolute Gasteiger partial charge is 0.378 e. The van der Waals surface area contributed by atoms with Crippen molar-refractivity contribution in [1.82, 2.24) is 4.57 Å². The number of hydrogen-bond donors (Lipinski definition) is 0. The number of non-ortho nitro benzene ring substituents is 1. The van der Waals surface area contributed by atoms with E-state index in [9.17, 15) is 20.2 Å². The van der Waals surface area contributed by atoms with Crippen molar-refractivity contribution in [3.05, 3.63) is 81.4 Å². The van der Waals surface area contributed by atoms with E-state index in [-0.39, 0.29) is 17.1 Å². The summed E-state index contributed by atoms with van der Waals surface area (Å²) in [7, 11) is 3.90. The summed E-state index contributed by atoms with van der Waals surface area (Å²) in [4.78, 5) is 22.9. The summed E-state index contributed by atoms with van der Waals surface area (Å²) in [6, 6.07) is 11.4. The maximum Gasteiger partial charge on any atom is 0.322 e. The minimum atomic E-state index is -0.654. The average molecular weight is 354 g/mol. The molecular weight excluding hydrogens is 338 g/mol. The third kappa shape index (κ3) is 3.22. The first-order valence-electron chi connectivity index (χ1n) is 7.67. The summed E-state index contributed by atoms with van der Waals surface area (Å²) in [5.74, 6) is 0. The van der Waals surface area contributed by atoms with Crippen LogP contribution in [0.2, 0.25) is 0 Å². The van der Waals surface area contributed by atoms with Gasteiger partial charge in [0.15, 0.2) is 0 Å². The molecule has 132 valence electrons. The quantitative estimate of drug-likeness (QED) is 0.398. The lowest BCUT2D eigenvalue weighted by molar-refractivity contribution is -0.600.